The van der Waals surface area contributed by atoms with Crippen LogP contribution in [0.2, 0.25) is 5.02 Å². The minimum Gasteiger partial charge on any atom is -0.258 e. The van der Waals surface area contributed by atoms with Crippen molar-refractivity contribution in [2.24, 2.45) is 0 Å². The van der Waals surface area contributed by atoms with Gasteiger partial charge in [0.15, 0.2) is 0 Å². The van der Waals surface area contributed by atoms with Crippen molar-refractivity contribution < 1.29 is 4.92 Å². The van der Waals surface area contributed by atoms with Crippen LogP contribution < -0.4 is 0 Å². The zero-order chi connectivity index (χ0) is 14.1. The van der Waals surface area contributed by atoms with Gasteiger partial charge in [-0.1, -0.05) is 60.1 Å². The molecule has 0 aliphatic rings. The minimum absolute atomic E-state index is 0.0221. The standard InChI is InChI=1S/C16H10ClNO2/c17-14-9-4-10-15(18(19)20)16(14)13-8-3-6-11-5-1-2-7-12(11)13/h1-10H. The normalized spacial score (nSPS) is 10.7. The van der Waals surface area contributed by atoms with Gasteiger partial charge in [-0.25, -0.2) is 0 Å². The summed E-state index contributed by atoms with van der Waals surface area (Å²) in [6, 6.07) is 18.2. The van der Waals surface area contributed by atoms with Gasteiger partial charge in [0.25, 0.3) is 5.69 Å². The number of benzene rings is 3. The molecule has 0 saturated carbocycles. The fourth-order valence-electron chi connectivity index (χ4n) is 2.37. The van der Waals surface area contributed by atoms with E-state index in [1.807, 2.05) is 42.5 Å². The summed E-state index contributed by atoms with van der Waals surface area (Å²) >= 11 is 6.20. The van der Waals surface area contributed by atoms with Gasteiger partial charge < -0.3 is 0 Å². The van der Waals surface area contributed by atoms with Gasteiger partial charge >= 0.3 is 0 Å². The Balaban J connectivity index is 2.40. The molecule has 0 spiro atoms. The Morgan fingerprint density at radius 1 is 0.900 bits per heavy atom. The van der Waals surface area contributed by atoms with E-state index in [1.54, 1.807) is 12.1 Å². The number of nitro groups is 1. The van der Waals surface area contributed by atoms with E-state index in [1.165, 1.54) is 6.07 Å². The van der Waals surface area contributed by atoms with Crippen LogP contribution in [0.1, 0.15) is 0 Å². The molecule has 20 heavy (non-hydrogen) atoms. The molecule has 0 heterocycles. The second-order valence-corrected chi connectivity index (χ2v) is 4.82. The van der Waals surface area contributed by atoms with Crippen molar-refractivity contribution in [1.82, 2.24) is 0 Å². The van der Waals surface area contributed by atoms with E-state index in [0.717, 1.165) is 16.3 Å². The first-order valence-electron chi connectivity index (χ1n) is 6.09. The molecule has 0 aliphatic heterocycles. The summed E-state index contributed by atoms with van der Waals surface area (Å²) in [5.41, 5.74) is 1.27. The molecule has 4 heteroatoms. The Labute approximate surface area is 120 Å². The number of fused-ring (bicyclic) bond motifs is 1. The summed E-state index contributed by atoms with van der Waals surface area (Å²) in [5.74, 6) is 0. The smallest absolute Gasteiger partial charge is 0.258 e. The van der Waals surface area contributed by atoms with E-state index in [2.05, 4.69) is 0 Å². The van der Waals surface area contributed by atoms with Crippen molar-refractivity contribution in [2.75, 3.05) is 0 Å². The maximum absolute atomic E-state index is 11.2. The highest BCUT2D eigenvalue weighted by atomic mass is 35.5. The lowest BCUT2D eigenvalue weighted by Crippen LogP contribution is -1.93. The van der Waals surface area contributed by atoms with E-state index < -0.39 is 4.92 Å². The van der Waals surface area contributed by atoms with Gasteiger partial charge in [-0.3, -0.25) is 10.1 Å². The van der Waals surface area contributed by atoms with Gasteiger partial charge in [0.05, 0.1) is 15.5 Å². The van der Waals surface area contributed by atoms with E-state index in [0.29, 0.717) is 10.6 Å². The second-order valence-electron chi connectivity index (χ2n) is 4.42. The monoisotopic (exact) mass is 283 g/mol. The fourth-order valence-corrected chi connectivity index (χ4v) is 2.65. The highest BCUT2D eigenvalue weighted by molar-refractivity contribution is 6.34. The summed E-state index contributed by atoms with van der Waals surface area (Å²) in [4.78, 5) is 10.8. The molecule has 98 valence electrons. The van der Waals surface area contributed by atoms with Crippen LogP contribution in [-0.2, 0) is 0 Å². The lowest BCUT2D eigenvalue weighted by Gasteiger charge is -2.09. The maximum atomic E-state index is 11.2. The summed E-state index contributed by atoms with van der Waals surface area (Å²) in [5, 5.41) is 13.6. The van der Waals surface area contributed by atoms with E-state index in [9.17, 15) is 10.1 Å². The molecule has 0 bridgehead atoms. The Hall–Kier alpha value is -2.39. The first-order valence-corrected chi connectivity index (χ1v) is 6.47. The molecule has 3 aromatic carbocycles. The van der Waals surface area contributed by atoms with Crippen molar-refractivity contribution in [3.05, 3.63) is 75.8 Å². The van der Waals surface area contributed by atoms with E-state index in [4.69, 9.17) is 11.6 Å². The van der Waals surface area contributed by atoms with Crippen molar-refractivity contribution in [3.63, 3.8) is 0 Å². The number of nitrogens with zero attached hydrogens (tertiary/aromatic N) is 1. The number of hydrogen-bond acceptors (Lipinski definition) is 2. The summed E-state index contributed by atoms with van der Waals surface area (Å²) in [6.45, 7) is 0. The lowest BCUT2D eigenvalue weighted by molar-refractivity contribution is -0.384. The number of nitro benzene ring substituents is 1. The topological polar surface area (TPSA) is 43.1 Å². The highest BCUT2D eigenvalue weighted by Crippen LogP contribution is 2.39. The zero-order valence-electron chi connectivity index (χ0n) is 10.4. The van der Waals surface area contributed by atoms with Crippen LogP contribution in [0.25, 0.3) is 21.9 Å². The quantitative estimate of drug-likeness (QED) is 0.487. The summed E-state index contributed by atoms with van der Waals surface area (Å²) in [6.07, 6.45) is 0. The Morgan fingerprint density at radius 2 is 1.60 bits per heavy atom. The lowest BCUT2D eigenvalue weighted by atomic mass is 9.97. The van der Waals surface area contributed by atoms with Crippen LogP contribution in [0.15, 0.2) is 60.7 Å². The molecular weight excluding hydrogens is 274 g/mol. The SMILES string of the molecule is O=[N+]([O-])c1cccc(Cl)c1-c1cccc2ccccc12. The third kappa shape index (κ3) is 2.02. The van der Waals surface area contributed by atoms with Crippen molar-refractivity contribution in [1.29, 1.82) is 0 Å². The first kappa shape index (κ1) is 12.6. The van der Waals surface area contributed by atoms with Gasteiger partial charge in [-0.05, 0) is 22.4 Å². The van der Waals surface area contributed by atoms with Crippen LogP contribution in [0.4, 0.5) is 5.69 Å². The van der Waals surface area contributed by atoms with Crippen LogP contribution in [0.3, 0.4) is 0 Å². The molecule has 3 aromatic rings. The predicted octanol–water partition coefficient (Wildman–Crippen LogP) is 5.07. The number of rotatable bonds is 2. The highest BCUT2D eigenvalue weighted by Gasteiger charge is 2.19. The van der Waals surface area contributed by atoms with Gasteiger partial charge in [0.1, 0.15) is 0 Å². The molecule has 3 rings (SSSR count). The van der Waals surface area contributed by atoms with E-state index >= 15 is 0 Å². The van der Waals surface area contributed by atoms with Crippen molar-refractivity contribution in [2.45, 2.75) is 0 Å². The average molecular weight is 284 g/mol. The Bertz CT molecular complexity index is 809. The summed E-state index contributed by atoms with van der Waals surface area (Å²) in [7, 11) is 0. The van der Waals surface area contributed by atoms with Crippen molar-refractivity contribution in [3.8, 4) is 11.1 Å². The average Bonchev–Trinajstić information content (AvgIpc) is 2.46. The van der Waals surface area contributed by atoms with Gasteiger partial charge in [-0.2, -0.15) is 0 Å². The summed E-state index contributed by atoms with van der Waals surface area (Å²) < 4.78 is 0. The Kier molecular flexibility index (Phi) is 3.12. The largest absolute Gasteiger partial charge is 0.278 e. The molecule has 0 saturated heterocycles. The molecule has 0 aromatic heterocycles. The first-order chi connectivity index (χ1) is 9.68. The van der Waals surface area contributed by atoms with Gasteiger partial charge in [-0.15, -0.1) is 0 Å². The molecule has 3 nitrogen and oxygen atoms in total. The number of hydrogen-bond donors (Lipinski definition) is 0. The molecule has 0 radical (unpaired) electrons. The zero-order valence-corrected chi connectivity index (χ0v) is 11.2. The minimum atomic E-state index is -0.400. The molecular formula is C16H10ClNO2. The maximum Gasteiger partial charge on any atom is 0.278 e. The van der Waals surface area contributed by atoms with E-state index in [-0.39, 0.29) is 5.69 Å². The third-order valence-corrected chi connectivity index (χ3v) is 3.56. The Morgan fingerprint density at radius 3 is 2.40 bits per heavy atom. The fraction of sp³-hybridized carbons (Fsp3) is 0. The third-order valence-electron chi connectivity index (χ3n) is 3.25. The van der Waals surface area contributed by atoms with Crippen molar-refractivity contribution >= 4 is 28.1 Å². The van der Waals surface area contributed by atoms with Gasteiger partial charge in [0, 0.05) is 6.07 Å². The molecule has 0 N–H and O–H groups in total. The second kappa shape index (κ2) is 4.94. The van der Waals surface area contributed by atoms with Crippen LogP contribution >= 0.6 is 11.6 Å². The molecule has 0 aliphatic carbocycles. The molecule has 0 amide bonds. The van der Waals surface area contributed by atoms with Crippen LogP contribution in [0, 0.1) is 10.1 Å². The molecule has 0 fully saturated rings. The number of halogens is 1. The van der Waals surface area contributed by atoms with Crippen LogP contribution in [-0.4, -0.2) is 4.92 Å². The van der Waals surface area contributed by atoms with Crippen LogP contribution in [0.5, 0.6) is 0 Å². The molecule has 0 unspecified atom stereocenters. The van der Waals surface area contributed by atoms with Gasteiger partial charge in [0.2, 0.25) is 0 Å². The predicted molar refractivity (Wildman–Crippen MR) is 81.0 cm³/mol. The molecule has 0 atom stereocenters.